The van der Waals surface area contributed by atoms with Gasteiger partial charge >= 0.3 is 0 Å². The number of nitrogens with two attached hydrogens (primary N) is 1. The molecular formula is C18H19N4O5+. The van der Waals surface area contributed by atoms with Crippen molar-refractivity contribution in [1.82, 2.24) is 0 Å². The molecule has 0 bridgehead atoms. The van der Waals surface area contributed by atoms with Crippen molar-refractivity contribution in [3.8, 4) is 0 Å². The van der Waals surface area contributed by atoms with Gasteiger partial charge in [-0.15, -0.1) is 0 Å². The van der Waals surface area contributed by atoms with E-state index in [1.54, 1.807) is 24.3 Å². The van der Waals surface area contributed by atoms with Gasteiger partial charge in [0.25, 0.3) is 11.4 Å². The average molecular weight is 371 g/mol. The zero-order valence-corrected chi connectivity index (χ0v) is 14.6. The van der Waals surface area contributed by atoms with Gasteiger partial charge in [-0.3, -0.25) is 20.2 Å². The van der Waals surface area contributed by atoms with E-state index in [1.165, 1.54) is 24.3 Å². The summed E-state index contributed by atoms with van der Waals surface area (Å²) >= 11 is 0. The summed E-state index contributed by atoms with van der Waals surface area (Å²) in [5.74, 6) is -0.0641. The van der Waals surface area contributed by atoms with Crippen LogP contribution < -0.4 is 5.32 Å². The van der Waals surface area contributed by atoms with Crippen LogP contribution in [0.1, 0.15) is 36.6 Å². The van der Waals surface area contributed by atoms with Crippen LogP contribution in [0.4, 0.5) is 11.4 Å². The molecule has 3 N–H and O–H groups in total. The largest absolute Gasteiger partial charge is 0.411 e. The SMILES string of the molecule is C[C@@H]1/C(=N\O)C[C@@H](c2ccc([N+](=O)[O-])cc2)[NH2+][C@H]1c1ccc([N+](=O)[O-])cc1. The van der Waals surface area contributed by atoms with Crippen LogP contribution in [-0.2, 0) is 0 Å². The van der Waals surface area contributed by atoms with Crippen molar-refractivity contribution >= 4 is 17.1 Å². The van der Waals surface area contributed by atoms with Crippen molar-refractivity contribution in [1.29, 1.82) is 0 Å². The third kappa shape index (κ3) is 3.77. The van der Waals surface area contributed by atoms with E-state index in [4.69, 9.17) is 0 Å². The number of non-ortho nitro benzene ring substituents is 2. The number of benzene rings is 2. The molecule has 1 aliphatic rings. The smallest absolute Gasteiger partial charge is 0.269 e. The van der Waals surface area contributed by atoms with Gasteiger partial charge in [0.15, 0.2) is 0 Å². The molecule has 3 atom stereocenters. The van der Waals surface area contributed by atoms with E-state index in [0.29, 0.717) is 12.1 Å². The van der Waals surface area contributed by atoms with Crippen LogP contribution in [0.2, 0.25) is 0 Å². The number of hydrogen-bond acceptors (Lipinski definition) is 6. The fourth-order valence-corrected chi connectivity index (χ4v) is 3.53. The highest BCUT2D eigenvalue weighted by Gasteiger charge is 2.38. The minimum atomic E-state index is -0.448. The van der Waals surface area contributed by atoms with Crippen molar-refractivity contribution in [3.05, 3.63) is 79.9 Å². The summed E-state index contributed by atoms with van der Waals surface area (Å²) < 4.78 is 0. The van der Waals surface area contributed by atoms with Crippen molar-refractivity contribution < 1.29 is 20.4 Å². The normalized spacial score (nSPS) is 23.9. The minimum absolute atomic E-state index is 0.0187. The zero-order valence-electron chi connectivity index (χ0n) is 14.6. The standard InChI is InChI=1S/C18H18N4O5/c1-11-16(20-23)10-17(12-2-6-14(7-3-12)21(24)25)19-18(11)13-4-8-15(9-5-13)22(26)27/h2-9,11,17-19,23H,10H2,1H3/p+1/b20-16-/t11-,17+,18-/m1/s1. The number of hydrogen-bond donors (Lipinski definition) is 2. The first-order valence-corrected chi connectivity index (χ1v) is 8.45. The van der Waals surface area contributed by atoms with Gasteiger partial charge in [0, 0.05) is 41.8 Å². The first-order valence-electron chi connectivity index (χ1n) is 8.45. The van der Waals surface area contributed by atoms with Crippen molar-refractivity contribution in [2.45, 2.75) is 25.4 Å². The van der Waals surface area contributed by atoms with Gasteiger partial charge in [0.1, 0.15) is 12.1 Å². The molecule has 140 valence electrons. The molecule has 27 heavy (non-hydrogen) atoms. The van der Waals surface area contributed by atoms with Gasteiger partial charge in [0.05, 0.1) is 21.5 Å². The molecule has 0 unspecified atom stereocenters. The first-order chi connectivity index (χ1) is 12.9. The molecule has 1 fully saturated rings. The van der Waals surface area contributed by atoms with Gasteiger partial charge in [-0.25, -0.2) is 0 Å². The van der Waals surface area contributed by atoms with Crippen LogP contribution in [-0.4, -0.2) is 20.8 Å². The molecular weight excluding hydrogens is 352 g/mol. The van der Waals surface area contributed by atoms with Crippen LogP contribution >= 0.6 is 0 Å². The summed E-state index contributed by atoms with van der Waals surface area (Å²) in [5.41, 5.74) is 2.45. The van der Waals surface area contributed by atoms with E-state index < -0.39 is 9.85 Å². The molecule has 0 saturated carbocycles. The van der Waals surface area contributed by atoms with Crippen molar-refractivity contribution in [2.24, 2.45) is 11.1 Å². The maximum Gasteiger partial charge on any atom is 0.269 e. The second-order valence-corrected chi connectivity index (χ2v) is 6.61. The number of nitro groups is 2. The van der Waals surface area contributed by atoms with E-state index in [0.717, 1.165) is 11.1 Å². The Bertz CT molecular complexity index is 880. The molecule has 3 rings (SSSR count). The fraction of sp³-hybridized carbons (Fsp3) is 0.278. The van der Waals surface area contributed by atoms with Crippen molar-refractivity contribution in [2.75, 3.05) is 0 Å². The molecule has 2 aromatic rings. The molecule has 0 spiro atoms. The number of nitrogens with zero attached hydrogens (tertiary/aromatic N) is 3. The Morgan fingerprint density at radius 3 is 1.89 bits per heavy atom. The van der Waals surface area contributed by atoms with E-state index in [9.17, 15) is 25.4 Å². The van der Waals surface area contributed by atoms with Crippen molar-refractivity contribution in [3.63, 3.8) is 0 Å². The maximum atomic E-state index is 10.9. The van der Waals surface area contributed by atoms with Gasteiger partial charge in [-0.1, -0.05) is 12.1 Å². The van der Waals surface area contributed by atoms with Gasteiger partial charge in [-0.05, 0) is 24.3 Å². The van der Waals surface area contributed by atoms with E-state index in [-0.39, 0.29) is 29.4 Å². The molecule has 2 aromatic carbocycles. The van der Waals surface area contributed by atoms with Gasteiger partial charge in [0.2, 0.25) is 0 Å². The summed E-state index contributed by atoms with van der Waals surface area (Å²) in [4.78, 5) is 20.8. The third-order valence-corrected chi connectivity index (χ3v) is 5.08. The lowest BCUT2D eigenvalue weighted by molar-refractivity contribution is -0.741. The summed E-state index contributed by atoms with van der Waals surface area (Å²) in [5, 5.41) is 36.7. The zero-order chi connectivity index (χ0) is 19.6. The maximum absolute atomic E-state index is 10.9. The Morgan fingerprint density at radius 1 is 0.963 bits per heavy atom. The fourth-order valence-electron chi connectivity index (χ4n) is 3.53. The van der Waals surface area contributed by atoms with Crippen LogP contribution in [0.3, 0.4) is 0 Å². The van der Waals surface area contributed by atoms with E-state index in [2.05, 4.69) is 10.5 Å². The number of oxime groups is 1. The van der Waals surface area contributed by atoms with E-state index in [1.807, 2.05) is 6.92 Å². The summed E-state index contributed by atoms with van der Waals surface area (Å²) in [7, 11) is 0. The van der Waals surface area contributed by atoms with Gasteiger partial charge < -0.3 is 10.5 Å². The quantitative estimate of drug-likeness (QED) is 0.484. The Labute approximate surface area is 154 Å². The second kappa shape index (κ2) is 7.50. The van der Waals surface area contributed by atoms with Crippen LogP contribution in [0, 0.1) is 26.1 Å². The number of nitro benzene ring substituents is 2. The third-order valence-electron chi connectivity index (χ3n) is 5.08. The highest BCUT2D eigenvalue weighted by molar-refractivity contribution is 5.87. The molecule has 1 saturated heterocycles. The lowest BCUT2D eigenvalue weighted by Crippen LogP contribution is -2.90. The Hall–Kier alpha value is -3.33. The van der Waals surface area contributed by atoms with Crippen LogP contribution in [0.15, 0.2) is 53.7 Å². The summed E-state index contributed by atoms with van der Waals surface area (Å²) in [6.45, 7) is 1.95. The molecule has 0 amide bonds. The number of quaternary nitrogens is 1. The minimum Gasteiger partial charge on any atom is -0.411 e. The lowest BCUT2D eigenvalue weighted by Gasteiger charge is -2.33. The number of rotatable bonds is 4. The highest BCUT2D eigenvalue weighted by Crippen LogP contribution is 2.31. The van der Waals surface area contributed by atoms with Crippen LogP contribution in [0.25, 0.3) is 0 Å². The molecule has 0 aromatic heterocycles. The predicted molar refractivity (Wildman–Crippen MR) is 96.6 cm³/mol. The van der Waals surface area contributed by atoms with Gasteiger partial charge in [-0.2, -0.15) is 0 Å². The van der Waals surface area contributed by atoms with Crippen LogP contribution in [0.5, 0.6) is 0 Å². The Kier molecular flexibility index (Phi) is 5.13. The molecule has 9 heteroatoms. The highest BCUT2D eigenvalue weighted by atomic mass is 16.6. The first kappa shape index (κ1) is 18.5. The summed E-state index contributed by atoms with van der Waals surface area (Å²) in [6.07, 6.45) is 0.513. The molecule has 1 aliphatic heterocycles. The second-order valence-electron chi connectivity index (χ2n) is 6.61. The molecule has 0 aliphatic carbocycles. The number of piperidine rings is 1. The lowest BCUT2D eigenvalue weighted by atomic mass is 9.81. The monoisotopic (exact) mass is 371 g/mol. The topological polar surface area (TPSA) is 135 Å². The molecule has 9 nitrogen and oxygen atoms in total. The van der Waals surface area contributed by atoms with E-state index >= 15 is 0 Å². The summed E-state index contributed by atoms with van der Waals surface area (Å²) in [6, 6.07) is 12.5. The Balaban J connectivity index is 1.89. The predicted octanol–water partition coefficient (Wildman–Crippen LogP) is 2.72. The Morgan fingerprint density at radius 2 is 1.44 bits per heavy atom. The average Bonchev–Trinajstić information content (AvgIpc) is 2.68. The molecule has 0 radical (unpaired) electrons. The molecule has 1 heterocycles.